The Morgan fingerprint density at radius 1 is 0.865 bits per heavy atom. The van der Waals surface area contributed by atoms with Crippen LogP contribution in [-0.4, -0.2) is 54.1 Å². The quantitative estimate of drug-likeness (QED) is 0.481. The van der Waals surface area contributed by atoms with Crippen LogP contribution < -0.4 is 14.2 Å². The molecule has 1 heterocycles. The number of sulfonamides is 1. The van der Waals surface area contributed by atoms with Crippen molar-refractivity contribution in [1.29, 1.82) is 0 Å². The molecule has 0 unspecified atom stereocenters. The number of hydrogen-bond donors (Lipinski definition) is 1. The van der Waals surface area contributed by atoms with Gasteiger partial charge in [0.1, 0.15) is 0 Å². The molecule has 0 atom stereocenters. The molecule has 0 aliphatic carbocycles. The minimum absolute atomic E-state index is 0.0857. The third-order valence-corrected chi connectivity index (χ3v) is 9.58. The summed E-state index contributed by atoms with van der Waals surface area (Å²) in [6.45, 7) is 2.20. The summed E-state index contributed by atoms with van der Waals surface area (Å²) in [5, 5.41) is 0. The van der Waals surface area contributed by atoms with Crippen LogP contribution in [0.3, 0.4) is 0 Å². The van der Waals surface area contributed by atoms with Crippen molar-refractivity contribution in [3.63, 3.8) is 0 Å². The second-order valence-corrected chi connectivity index (χ2v) is 12.3. The van der Waals surface area contributed by atoms with Crippen molar-refractivity contribution in [2.45, 2.75) is 40.5 Å². The van der Waals surface area contributed by atoms with E-state index in [2.05, 4.69) is 4.72 Å². The number of nitrogens with zero attached hydrogens (tertiary/aromatic N) is 1. The highest BCUT2D eigenvalue weighted by molar-refractivity contribution is 7.91. The van der Waals surface area contributed by atoms with E-state index in [1.54, 1.807) is 49.4 Å². The maximum absolute atomic E-state index is 13.2. The minimum atomic E-state index is -4.02. The van der Waals surface area contributed by atoms with E-state index in [1.807, 2.05) is 0 Å². The number of rotatable bonds is 7. The molecule has 1 fully saturated rings. The molecule has 1 aliphatic rings. The van der Waals surface area contributed by atoms with E-state index in [1.165, 1.54) is 42.3 Å². The summed E-state index contributed by atoms with van der Waals surface area (Å²) >= 11 is 0. The van der Waals surface area contributed by atoms with E-state index in [-0.39, 0.29) is 14.7 Å². The number of carbonyl (C=O) groups is 1. The number of piperidine rings is 1. The number of sulfone groups is 1. The van der Waals surface area contributed by atoms with E-state index in [0.717, 1.165) is 0 Å². The van der Waals surface area contributed by atoms with Crippen LogP contribution in [0.2, 0.25) is 0 Å². The van der Waals surface area contributed by atoms with Crippen LogP contribution in [0.25, 0.3) is 0 Å². The van der Waals surface area contributed by atoms with Crippen molar-refractivity contribution in [2.24, 2.45) is 0 Å². The molecular formula is C26H28N2O7S2. The van der Waals surface area contributed by atoms with Gasteiger partial charge in [-0.05, 0) is 61.7 Å². The van der Waals surface area contributed by atoms with Crippen LogP contribution in [0.4, 0.5) is 4.79 Å². The molecule has 196 valence electrons. The molecule has 0 aromatic heterocycles. The van der Waals surface area contributed by atoms with Crippen molar-refractivity contribution < 1.29 is 31.1 Å². The molecule has 3 aromatic rings. The third kappa shape index (κ3) is 5.95. The van der Waals surface area contributed by atoms with E-state index in [9.17, 15) is 21.6 Å². The van der Waals surface area contributed by atoms with Gasteiger partial charge in [0, 0.05) is 19.1 Å². The number of likely N-dealkylation sites (tertiary alicyclic amines) is 1. The van der Waals surface area contributed by atoms with Gasteiger partial charge < -0.3 is 14.4 Å². The summed E-state index contributed by atoms with van der Waals surface area (Å²) in [5.41, 5.74) is 0.428. The molecule has 0 bridgehead atoms. The maximum atomic E-state index is 13.2. The molecule has 1 aliphatic heterocycles. The Balaban J connectivity index is 1.43. The Morgan fingerprint density at radius 2 is 1.49 bits per heavy atom. The van der Waals surface area contributed by atoms with Crippen LogP contribution in [0.5, 0.6) is 11.5 Å². The summed E-state index contributed by atoms with van der Waals surface area (Å²) in [7, 11) is -6.41. The molecule has 3 aromatic carbocycles. The van der Waals surface area contributed by atoms with Crippen LogP contribution in [0, 0.1) is 6.92 Å². The fraction of sp³-hybridized carbons (Fsp3) is 0.269. The number of ether oxygens (including phenoxy) is 2. The van der Waals surface area contributed by atoms with Gasteiger partial charge in [-0.3, -0.25) is 0 Å². The van der Waals surface area contributed by atoms with Gasteiger partial charge in [0.05, 0.1) is 21.8 Å². The summed E-state index contributed by atoms with van der Waals surface area (Å²) in [4.78, 5) is 14.0. The monoisotopic (exact) mass is 544 g/mol. The number of methoxy groups -OCH3 is 1. The predicted molar refractivity (Wildman–Crippen MR) is 137 cm³/mol. The second-order valence-electron chi connectivity index (χ2n) is 8.65. The second kappa shape index (κ2) is 10.9. The zero-order valence-corrected chi connectivity index (χ0v) is 22.1. The topological polar surface area (TPSA) is 119 Å². The Morgan fingerprint density at radius 3 is 2.14 bits per heavy atom. The zero-order valence-electron chi connectivity index (χ0n) is 20.5. The van der Waals surface area contributed by atoms with Crippen LogP contribution in [0.15, 0.2) is 87.5 Å². The van der Waals surface area contributed by atoms with E-state index in [4.69, 9.17) is 9.47 Å². The first-order valence-electron chi connectivity index (χ1n) is 11.6. The van der Waals surface area contributed by atoms with Crippen molar-refractivity contribution >= 4 is 26.0 Å². The largest absolute Gasteiger partial charge is 0.493 e. The molecule has 1 saturated heterocycles. The fourth-order valence-corrected chi connectivity index (χ4v) is 7.06. The van der Waals surface area contributed by atoms with E-state index < -0.39 is 32.0 Å². The number of aryl methyl sites for hydroxylation is 1. The lowest BCUT2D eigenvalue weighted by Gasteiger charge is -2.31. The number of nitrogens with one attached hydrogen (secondary N) is 1. The molecule has 0 saturated carbocycles. The summed E-state index contributed by atoms with van der Waals surface area (Å²) in [6, 6.07) is 18.3. The van der Waals surface area contributed by atoms with Gasteiger partial charge in [0.2, 0.25) is 19.9 Å². The zero-order chi connectivity index (χ0) is 26.6. The highest BCUT2D eigenvalue weighted by atomic mass is 32.2. The molecule has 37 heavy (non-hydrogen) atoms. The third-order valence-electron chi connectivity index (χ3n) is 6.15. The Labute approximate surface area is 217 Å². The Kier molecular flexibility index (Phi) is 7.86. The van der Waals surface area contributed by atoms with Gasteiger partial charge in [-0.1, -0.05) is 36.4 Å². The number of hydrogen-bond acceptors (Lipinski definition) is 7. The predicted octanol–water partition coefficient (Wildman–Crippen LogP) is 3.78. The van der Waals surface area contributed by atoms with Gasteiger partial charge >= 0.3 is 6.09 Å². The van der Waals surface area contributed by atoms with Crippen molar-refractivity contribution in [2.75, 3.05) is 20.2 Å². The van der Waals surface area contributed by atoms with Gasteiger partial charge in [-0.25, -0.2) is 26.4 Å². The van der Waals surface area contributed by atoms with Crippen LogP contribution in [-0.2, 0) is 19.9 Å². The Bertz CT molecular complexity index is 1480. The van der Waals surface area contributed by atoms with Gasteiger partial charge in [0.15, 0.2) is 11.5 Å². The molecule has 11 heteroatoms. The molecule has 4 rings (SSSR count). The average molecular weight is 545 g/mol. The summed E-state index contributed by atoms with van der Waals surface area (Å²) in [6.07, 6.45) is 0.211. The first kappa shape index (κ1) is 26.6. The number of para-hydroxylation sites is 2. The Hall–Kier alpha value is -3.41. The molecule has 0 radical (unpaired) electrons. The highest BCUT2D eigenvalue weighted by Gasteiger charge is 2.29. The average Bonchev–Trinajstić information content (AvgIpc) is 2.89. The van der Waals surface area contributed by atoms with Gasteiger partial charge in [-0.2, -0.15) is 0 Å². The summed E-state index contributed by atoms with van der Waals surface area (Å²) < 4.78 is 65.8. The fourth-order valence-electron chi connectivity index (χ4n) is 4.10. The molecule has 9 nitrogen and oxygen atoms in total. The van der Waals surface area contributed by atoms with Crippen LogP contribution in [0.1, 0.15) is 18.4 Å². The number of carbonyl (C=O) groups excluding carboxylic acids is 1. The molecule has 1 amide bonds. The van der Waals surface area contributed by atoms with E-state index in [0.29, 0.717) is 43.0 Å². The summed E-state index contributed by atoms with van der Waals surface area (Å²) in [5.74, 6) is 0.740. The first-order valence-corrected chi connectivity index (χ1v) is 14.6. The van der Waals surface area contributed by atoms with Crippen LogP contribution >= 0.6 is 0 Å². The molecule has 0 spiro atoms. The van der Waals surface area contributed by atoms with Crippen molar-refractivity contribution in [1.82, 2.24) is 9.62 Å². The number of benzene rings is 3. The highest BCUT2D eigenvalue weighted by Crippen LogP contribution is 2.28. The molecular weight excluding hydrogens is 516 g/mol. The van der Waals surface area contributed by atoms with Gasteiger partial charge in [0.25, 0.3) is 0 Å². The smallest absolute Gasteiger partial charge is 0.415 e. The maximum Gasteiger partial charge on any atom is 0.415 e. The van der Waals surface area contributed by atoms with Crippen molar-refractivity contribution in [3.05, 3.63) is 78.4 Å². The van der Waals surface area contributed by atoms with E-state index >= 15 is 0 Å². The lowest BCUT2D eigenvalue weighted by atomic mass is 10.1. The lowest BCUT2D eigenvalue weighted by molar-refractivity contribution is 0.136. The van der Waals surface area contributed by atoms with Crippen molar-refractivity contribution in [3.8, 4) is 11.5 Å². The standard InChI is InChI=1S/C26H28N2O7S2/c1-19-12-13-22(36(30,31)21-8-4-3-5-9-21)18-25(19)37(32,33)27-20-14-16-28(17-15-20)26(29)35-24-11-7-6-10-23(24)34-2/h3-13,18,20,27H,14-17H2,1-2H3. The first-order chi connectivity index (χ1) is 17.6. The number of amides is 1. The molecule has 1 N–H and O–H groups in total. The normalized spacial score (nSPS) is 14.8. The lowest BCUT2D eigenvalue weighted by Crippen LogP contribution is -2.47. The SMILES string of the molecule is COc1ccccc1OC(=O)N1CCC(NS(=O)(=O)c2cc(S(=O)(=O)c3ccccc3)ccc2C)CC1. The minimum Gasteiger partial charge on any atom is -0.493 e. The van der Waals surface area contributed by atoms with Gasteiger partial charge in [-0.15, -0.1) is 0 Å².